The SMILES string of the molecule is CCOCCn1c(=NC(=O)c2ccc(S(=O)(=O)N3CCCc4ccccc43)cc2)sc2ccc(Cl)c(Cl)c21. The Morgan fingerprint density at radius 2 is 1.84 bits per heavy atom. The molecule has 0 unspecified atom stereocenters. The molecule has 2 heterocycles. The standard InChI is InChI=1S/C27H25Cl2N3O4S2/c1-2-36-17-16-31-25-23(14-13-21(28)24(25)29)37-27(31)30-26(33)19-9-11-20(12-10-19)38(34,35)32-15-5-7-18-6-3-4-8-22(18)32/h3-4,6,8-14H,2,5,7,15-17H2,1H3. The van der Waals surface area contributed by atoms with Crippen LogP contribution >= 0.6 is 34.5 Å². The summed E-state index contributed by atoms with van der Waals surface area (Å²) in [6.07, 6.45) is 1.59. The third kappa shape index (κ3) is 5.13. The van der Waals surface area contributed by atoms with Crippen LogP contribution in [-0.2, 0) is 27.7 Å². The van der Waals surface area contributed by atoms with Crippen molar-refractivity contribution in [1.82, 2.24) is 4.57 Å². The van der Waals surface area contributed by atoms with Gasteiger partial charge in [-0.05, 0) is 67.8 Å². The van der Waals surface area contributed by atoms with E-state index in [0.29, 0.717) is 52.4 Å². The van der Waals surface area contributed by atoms with E-state index in [2.05, 4.69) is 4.99 Å². The number of aryl methyl sites for hydroxylation is 1. The second-order valence-corrected chi connectivity index (χ2v) is 12.3. The predicted molar refractivity (Wildman–Crippen MR) is 152 cm³/mol. The first-order valence-electron chi connectivity index (χ1n) is 12.2. The van der Waals surface area contributed by atoms with E-state index >= 15 is 0 Å². The molecule has 1 amide bonds. The van der Waals surface area contributed by atoms with E-state index in [1.54, 1.807) is 6.07 Å². The maximum Gasteiger partial charge on any atom is 0.279 e. The number of para-hydroxylation sites is 1. The molecular formula is C27H25Cl2N3O4S2. The van der Waals surface area contributed by atoms with Gasteiger partial charge in [0.15, 0.2) is 4.80 Å². The van der Waals surface area contributed by atoms with Crippen LogP contribution in [0.4, 0.5) is 5.69 Å². The Morgan fingerprint density at radius 1 is 1.08 bits per heavy atom. The normalized spacial score (nSPS) is 14.2. The number of carbonyl (C=O) groups is 1. The van der Waals surface area contributed by atoms with Crippen molar-refractivity contribution < 1.29 is 17.9 Å². The quantitative estimate of drug-likeness (QED) is 0.250. The van der Waals surface area contributed by atoms with Crippen LogP contribution in [0, 0.1) is 0 Å². The van der Waals surface area contributed by atoms with Gasteiger partial charge in [-0.1, -0.05) is 52.7 Å². The Balaban J connectivity index is 1.47. The number of aromatic nitrogens is 1. The number of anilines is 1. The van der Waals surface area contributed by atoms with Crippen molar-refractivity contribution in [2.45, 2.75) is 31.2 Å². The van der Waals surface area contributed by atoms with Gasteiger partial charge in [0.05, 0.1) is 37.5 Å². The largest absolute Gasteiger partial charge is 0.380 e. The Morgan fingerprint density at radius 3 is 2.61 bits per heavy atom. The van der Waals surface area contributed by atoms with E-state index in [4.69, 9.17) is 27.9 Å². The van der Waals surface area contributed by atoms with Crippen molar-refractivity contribution in [3.8, 4) is 0 Å². The zero-order valence-electron chi connectivity index (χ0n) is 20.6. The fraction of sp³-hybridized carbons (Fsp3) is 0.259. The van der Waals surface area contributed by atoms with Crippen LogP contribution in [0.25, 0.3) is 10.2 Å². The van der Waals surface area contributed by atoms with E-state index in [1.165, 1.54) is 39.9 Å². The zero-order chi connectivity index (χ0) is 26.9. The summed E-state index contributed by atoms with van der Waals surface area (Å²) < 4.78 is 36.5. The van der Waals surface area contributed by atoms with Crippen molar-refractivity contribution in [1.29, 1.82) is 0 Å². The first-order chi connectivity index (χ1) is 18.3. The molecule has 1 aliphatic rings. The van der Waals surface area contributed by atoms with Crippen molar-refractivity contribution >= 4 is 66.4 Å². The second-order valence-electron chi connectivity index (χ2n) is 8.69. The number of amides is 1. The number of benzene rings is 3. The third-order valence-electron chi connectivity index (χ3n) is 6.35. The molecule has 0 saturated carbocycles. The summed E-state index contributed by atoms with van der Waals surface area (Å²) in [7, 11) is -3.77. The molecule has 7 nitrogen and oxygen atoms in total. The lowest BCUT2D eigenvalue weighted by molar-refractivity contribution is 0.0996. The molecule has 4 aromatic rings. The zero-order valence-corrected chi connectivity index (χ0v) is 23.7. The number of rotatable bonds is 7. The Kier molecular flexibility index (Phi) is 7.93. The number of ether oxygens (including phenoxy) is 1. The number of sulfonamides is 1. The highest BCUT2D eigenvalue weighted by atomic mass is 35.5. The van der Waals surface area contributed by atoms with Gasteiger partial charge in [0.25, 0.3) is 15.9 Å². The van der Waals surface area contributed by atoms with Crippen LogP contribution in [0.3, 0.4) is 0 Å². The number of nitrogens with zero attached hydrogens (tertiary/aromatic N) is 3. The third-order valence-corrected chi connectivity index (χ3v) is 10.0. The van der Waals surface area contributed by atoms with Gasteiger partial charge in [-0.25, -0.2) is 8.42 Å². The Labute approximate surface area is 235 Å². The number of carbonyl (C=O) groups excluding carboxylic acids is 1. The summed E-state index contributed by atoms with van der Waals surface area (Å²) in [5, 5.41) is 0.799. The van der Waals surface area contributed by atoms with Crippen molar-refractivity contribution in [2.75, 3.05) is 24.1 Å². The number of hydrogen-bond donors (Lipinski definition) is 0. The fourth-order valence-corrected chi connectivity index (χ4v) is 7.57. The minimum Gasteiger partial charge on any atom is -0.380 e. The summed E-state index contributed by atoms with van der Waals surface area (Å²) in [6.45, 7) is 3.73. The minimum atomic E-state index is -3.77. The molecule has 3 aromatic carbocycles. The first kappa shape index (κ1) is 26.9. The van der Waals surface area contributed by atoms with Gasteiger partial charge >= 0.3 is 0 Å². The monoisotopic (exact) mass is 589 g/mol. The van der Waals surface area contributed by atoms with Gasteiger partial charge in [0, 0.05) is 25.3 Å². The highest BCUT2D eigenvalue weighted by molar-refractivity contribution is 7.92. The van der Waals surface area contributed by atoms with Gasteiger partial charge in [-0.3, -0.25) is 9.10 Å². The Hall–Kier alpha value is -2.69. The van der Waals surface area contributed by atoms with Crippen molar-refractivity contribution in [3.05, 3.63) is 86.6 Å². The smallest absolute Gasteiger partial charge is 0.279 e. The van der Waals surface area contributed by atoms with E-state index in [1.807, 2.05) is 41.8 Å². The van der Waals surface area contributed by atoms with Gasteiger partial charge in [-0.2, -0.15) is 4.99 Å². The number of thiazole rings is 1. The van der Waals surface area contributed by atoms with Crippen LogP contribution in [-0.4, -0.2) is 38.7 Å². The van der Waals surface area contributed by atoms with Gasteiger partial charge in [0.1, 0.15) is 0 Å². The second kappa shape index (κ2) is 11.2. The van der Waals surface area contributed by atoms with Gasteiger partial charge in [-0.15, -0.1) is 0 Å². The molecule has 0 radical (unpaired) electrons. The lowest BCUT2D eigenvalue weighted by Gasteiger charge is -2.30. The van der Waals surface area contributed by atoms with Crippen molar-refractivity contribution in [2.24, 2.45) is 4.99 Å². The average Bonchev–Trinajstić information content (AvgIpc) is 3.28. The number of hydrogen-bond acceptors (Lipinski definition) is 5. The first-order valence-corrected chi connectivity index (χ1v) is 15.2. The van der Waals surface area contributed by atoms with Crippen LogP contribution in [0.1, 0.15) is 29.3 Å². The van der Waals surface area contributed by atoms with E-state index in [-0.39, 0.29) is 10.5 Å². The molecule has 38 heavy (non-hydrogen) atoms. The molecule has 0 N–H and O–H groups in total. The fourth-order valence-electron chi connectivity index (χ4n) is 4.49. The molecule has 198 valence electrons. The average molecular weight is 591 g/mol. The molecule has 1 aromatic heterocycles. The van der Waals surface area contributed by atoms with E-state index in [0.717, 1.165) is 23.1 Å². The molecule has 5 rings (SSSR count). The minimum absolute atomic E-state index is 0.126. The van der Waals surface area contributed by atoms with E-state index in [9.17, 15) is 13.2 Å². The molecule has 0 atom stereocenters. The Bertz CT molecular complexity index is 1680. The molecular weight excluding hydrogens is 565 g/mol. The predicted octanol–water partition coefficient (Wildman–Crippen LogP) is 5.93. The molecule has 0 fully saturated rings. The number of fused-ring (bicyclic) bond motifs is 2. The highest BCUT2D eigenvalue weighted by Crippen LogP contribution is 2.33. The maximum absolute atomic E-state index is 13.4. The van der Waals surface area contributed by atoms with E-state index < -0.39 is 15.9 Å². The molecule has 1 aliphatic heterocycles. The number of halogens is 2. The van der Waals surface area contributed by atoms with Crippen LogP contribution in [0.5, 0.6) is 0 Å². The topological polar surface area (TPSA) is 81.0 Å². The lowest BCUT2D eigenvalue weighted by atomic mass is 10.0. The highest BCUT2D eigenvalue weighted by Gasteiger charge is 2.29. The summed E-state index contributed by atoms with van der Waals surface area (Å²) in [6, 6.07) is 17.0. The molecule has 0 saturated heterocycles. The summed E-state index contributed by atoms with van der Waals surface area (Å²) in [5.41, 5.74) is 2.68. The molecule has 0 aliphatic carbocycles. The van der Waals surface area contributed by atoms with Gasteiger partial charge in [0.2, 0.25) is 0 Å². The summed E-state index contributed by atoms with van der Waals surface area (Å²) >= 11 is 14.1. The molecule has 0 bridgehead atoms. The maximum atomic E-state index is 13.4. The van der Waals surface area contributed by atoms with Crippen LogP contribution in [0.2, 0.25) is 10.0 Å². The molecule has 0 spiro atoms. The van der Waals surface area contributed by atoms with Crippen LogP contribution in [0.15, 0.2) is 70.6 Å². The lowest BCUT2D eigenvalue weighted by Crippen LogP contribution is -2.35. The van der Waals surface area contributed by atoms with Crippen molar-refractivity contribution in [3.63, 3.8) is 0 Å². The summed E-state index contributed by atoms with van der Waals surface area (Å²) in [4.78, 5) is 18.1. The summed E-state index contributed by atoms with van der Waals surface area (Å²) in [5.74, 6) is -0.490. The van der Waals surface area contributed by atoms with Gasteiger partial charge < -0.3 is 9.30 Å². The van der Waals surface area contributed by atoms with Crippen LogP contribution < -0.4 is 9.11 Å². The molecule has 11 heteroatoms.